The summed E-state index contributed by atoms with van der Waals surface area (Å²) < 4.78 is 12.7. The molecule has 0 bridgehead atoms. The summed E-state index contributed by atoms with van der Waals surface area (Å²) in [6.45, 7) is 5.13. The first kappa shape index (κ1) is 24.6. The average Bonchev–Trinajstić information content (AvgIpc) is 3.25. The second-order valence-electron chi connectivity index (χ2n) is 8.36. The molecule has 2 N–H and O–H groups in total. The van der Waals surface area contributed by atoms with E-state index in [0.717, 1.165) is 21.3 Å². The third-order valence-corrected chi connectivity index (χ3v) is 6.25. The van der Waals surface area contributed by atoms with E-state index in [0.29, 0.717) is 36.9 Å². The van der Waals surface area contributed by atoms with Crippen molar-refractivity contribution >= 4 is 39.1 Å². The van der Waals surface area contributed by atoms with Crippen LogP contribution < -0.4 is 25.2 Å². The number of hydrazine groups is 1. The highest BCUT2D eigenvalue weighted by atomic mass is 79.9. The molecular weight excluding hydrogens is 510 g/mol. The number of rotatable bonds is 9. The van der Waals surface area contributed by atoms with Crippen molar-refractivity contribution in [2.45, 2.75) is 26.9 Å². The first-order valence-electron chi connectivity index (χ1n) is 11.5. The number of carbonyl (C=O) groups excluding carboxylic acids is 2. The third-order valence-electron chi connectivity index (χ3n) is 5.72. The first-order chi connectivity index (χ1) is 16.9. The third kappa shape index (κ3) is 6.33. The maximum Gasteiger partial charge on any atom is 0.243 e. The summed E-state index contributed by atoms with van der Waals surface area (Å²) in [5, 5.41) is 0. The molecule has 182 valence electrons. The lowest BCUT2D eigenvalue weighted by Gasteiger charge is -2.18. The number of nitrogens with zero attached hydrogens (tertiary/aromatic N) is 1. The van der Waals surface area contributed by atoms with E-state index in [9.17, 15) is 9.59 Å². The predicted molar refractivity (Wildman–Crippen MR) is 139 cm³/mol. The molecule has 3 aromatic rings. The number of amides is 2. The van der Waals surface area contributed by atoms with Crippen molar-refractivity contribution in [2.24, 2.45) is 5.92 Å². The van der Waals surface area contributed by atoms with E-state index in [1.807, 2.05) is 62.4 Å². The van der Waals surface area contributed by atoms with Crippen molar-refractivity contribution in [1.29, 1.82) is 0 Å². The highest BCUT2D eigenvalue weighted by Gasteiger charge is 2.35. The number of anilines is 2. The van der Waals surface area contributed by atoms with Crippen LogP contribution in [-0.4, -0.2) is 25.0 Å². The Labute approximate surface area is 213 Å². The molecule has 0 unspecified atom stereocenters. The Hall–Kier alpha value is -3.52. The Bertz CT molecular complexity index is 1180. The predicted octanol–water partition coefficient (Wildman–Crippen LogP) is 5.23. The SMILES string of the molecule is CCOc1cc(NNC(=O)[C@H]2CC(=O)N(c3ccc(C)cc3)C2)ccc1OCc1ccc(Br)cc1. The van der Waals surface area contributed by atoms with Crippen molar-refractivity contribution < 1.29 is 19.1 Å². The average molecular weight is 538 g/mol. The van der Waals surface area contributed by atoms with Crippen LogP contribution in [0.4, 0.5) is 11.4 Å². The first-order valence-corrected chi connectivity index (χ1v) is 12.3. The maximum absolute atomic E-state index is 12.7. The van der Waals surface area contributed by atoms with Gasteiger partial charge >= 0.3 is 0 Å². The van der Waals surface area contributed by atoms with Crippen molar-refractivity contribution in [1.82, 2.24) is 5.43 Å². The molecule has 1 saturated heterocycles. The minimum Gasteiger partial charge on any atom is -0.490 e. The Morgan fingerprint density at radius 3 is 2.49 bits per heavy atom. The largest absolute Gasteiger partial charge is 0.490 e. The summed E-state index contributed by atoms with van der Waals surface area (Å²) >= 11 is 3.43. The van der Waals surface area contributed by atoms with Gasteiger partial charge in [-0.15, -0.1) is 0 Å². The highest BCUT2D eigenvalue weighted by molar-refractivity contribution is 9.10. The second-order valence-corrected chi connectivity index (χ2v) is 9.28. The Kier molecular flexibility index (Phi) is 7.92. The molecule has 35 heavy (non-hydrogen) atoms. The normalized spacial score (nSPS) is 15.1. The number of carbonyl (C=O) groups is 2. The van der Waals surface area contributed by atoms with Crippen LogP contribution in [0.2, 0.25) is 0 Å². The molecule has 0 spiro atoms. The minimum absolute atomic E-state index is 0.0556. The number of hydrogen-bond donors (Lipinski definition) is 2. The minimum atomic E-state index is -0.434. The number of aryl methyl sites for hydroxylation is 1. The molecule has 0 aromatic heterocycles. The fourth-order valence-electron chi connectivity index (χ4n) is 3.81. The standard InChI is InChI=1S/C27H28BrN3O4/c1-3-34-25-15-22(10-13-24(25)35-17-19-6-8-21(28)9-7-19)29-30-27(33)20-14-26(32)31(16-20)23-11-4-18(2)5-12-23/h4-13,15,20,29H,3,14,16-17H2,1-2H3,(H,30,33)/t20-/m0/s1. The highest BCUT2D eigenvalue weighted by Crippen LogP contribution is 2.31. The number of nitrogens with one attached hydrogen (secondary N) is 2. The van der Waals surface area contributed by atoms with Gasteiger partial charge in [0.1, 0.15) is 6.61 Å². The van der Waals surface area contributed by atoms with E-state index in [2.05, 4.69) is 26.8 Å². The van der Waals surface area contributed by atoms with Crippen molar-refractivity contribution in [3.63, 3.8) is 0 Å². The van der Waals surface area contributed by atoms with Gasteiger partial charge in [-0.25, -0.2) is 0 Å². The van der Waals surface area contributed by atoms with Gasteiger partial charge in [-0.3, -0.25) is 20.4 Å². The van der Waals surface area contributed by atoms with Crippen LogP contribution in [0.15, 0.2) is 71.2 Å². The lowest BCUT2D eigenvalue weighted by molar-refractivity contribution is -0.125. The summed E-state index contributed by atoms with van der Waals surface area (Å²) in [6.07, 6.45) is 0.175. The number of ether oxygens (including phenoxy) is 2. The molecule has 8 heteroatoms. The molecule has 1 heterocycles. The van der Waals surface area contributed by atoms with Crippen molar-refractivity contribution in [2.75, 3.05) is 23.5 Å². The van der Waals surface area contributed by atoms with E-state index in [1.165, 1.54) is 0 Å². The van der Waals surface area contributed by atoms with E-state index >= 15 is 0 Å². The zero-order valence-electron chi connectivity index (χ0n) is 19.7. The van der Waals surface area contributed by atoms with E-state index < -0.39 is 5.92 Å². The quantitative estimate of drug-likeness (QED) is 0.365. The molecule has 1 aliphatic heterocycles. The molecule has 2 amide bonds. The van der Waals surface area contributed by atoms with Gasteiger partial charge in [0.05, 0.1) is 18.2 Å². The van der Waals surface area contributed by atoms with Gasteiger partial charge in [0.25, 0.3) is 0 Å². The summed E-state index contributed by atoms with van der Waals surface area (Å²) in [5.74, 6) is 0.463. The van der Waals surface area contributed by atoms with Gasteiger partial charge in [-0.2, -0.15) is 0 Å². The molecule has 1 atom stereocenters. The Balaban J connectivity index is 1.35. The summed E-state index contributed by atoms with van der Waals surface area (Å²) in [6, 6.07) is 21.0. The van der Waals surface area contributed by atoms with Crippen LogP contribution in [0.3, 0.4) is 0 Å². The van der Waals surface area contributed by atoms with Crippen LogP contribution in [-0.2, 0) is 16.2 Å². The summed E-state index contributed by atoms with van der Waals surface area (Å²) in [4.78, 5) is 26.9. The van der Waals surface area contributed by atoms with Crippen molar-refractivity contribution in [3.8, 4) is 11.5 Å². The van der Waals surface area contributed by atoms with Crippen molar-refractivity contribution in [3.05, 3.63) is 82.3 Å². The van der Waals surface area contributed by atoms with Gasteiger partial charge < -0.3 is 14.4 Å². The maximum atomic E-state index is 12.7. The molecular formula is C27H28BrN3O4. The zero-order chi connectivity index (χ0) is 24.8. The van der Waals surface area contributed by atoms with Crippen LogP contribution in [0, 0.1) is 12.8 Å². The second kappa shape index (κ2) is 11.3. The van der Waals surface area contributed by atoms with Gasteiger partial charge in [0, 0.05) is 29.2 Å². The monoisotopic (exact) mass is 537 g/mol. The number of benzene rings is 3. The van der Waals surface area contributed by atoms with Gasteiger partial charge in [-0.05, 0) is 55.8 Å². The molecule has 0 aliphatic carbocycles. The Morgan fingerprint density at radius 1 is 1.03 bits per heavy atom. The molecule has 1 fully saturated rings. The van der Waals surface area contributed by atoms with Gasteiger partial charge in [-0.1, -0.05) is 45.8 Å². The smallest absolute Gasteiger partial charge is 0.243 e. The molecule has 7 nitrogen and oxygen atoms in total. The van der Waals surface area contributed by atoms with Crippen LogP contribution in [0.1, 0.15) is 24.5 Å². The fourth-order valence-corrected chi connectivity index (χ4v) is 4.07. The van der Waals surface area contributed by atoms with Crippen LogP contribution in [0.25, 0.3) is 0 Å². The number of hydrogen-bond acceptors (Lipinski definition) is 5. The number of halogens is 1. The van der Waals surface area contributed by atoms with Gasteiger partial charge in [0.15, 0.2) is 11.5 Å². The van der Waals surface area contributed by atoms with Gasteiger partial charge in [0.2, 0.25) is 11.8 Å². The van der Waals surface area contributed by atoms with Crippen LogP contribution >= 0.6 is 15.9 Å². The summed E-state index contributed by atoms with van der Waals surface area (Å²) in [7, 11) is 0. The van der Waals surface area contributed by atoms with E-state index in [1.54, 1.807) is 23.1 Å². The molecule has 0 radical (unpaired) electrons. The Morgan fingerprint density at radius 2 is 1.77 bits per heavy atom. The van der Waals surface area contributed by atoms with E-state index in [4.69, 9.17) is 9.47 Å². The lowest BCUT2D eigenvalue weighted by atomic mass is 10.1. The topological polar surface area (TPSA) is 79.9 Å². The van der Waals surface area contributed by atoms with E-state index in [-0.39, 0.29) is 18.2 Å². The van der Waals surface area contributed by atoms with Crippen LogP contribution in [0.5, 0.6) is 11.5 Å². The summed E-state index contributed by atoms with van der Waals surface area (Å²) in [5.41, 5.74) is 9.28. The zero-order valence-corrected chi connectivity index (χ0v) is 21.3. The molecule has 4 rings (SSSR count). The molecule has 3 aromatic carbocycles. The fraction of sp³-hybridized carbons (Fsp3) is 0.259. The molecule has 0 saturated carbocycles. The lowest BCUT2D eigenvalue weighted by Crippen LogP contribution is -2.36. The molecule has 1 aliphatic rings.